The molecular weight excluding hydrogens is 290 g/mol. The molecular formula is C16H24ClNOS. The van der Waals surface area contributed by atoms with E-state index < -0.39 is 10.8 Å². The van der Waals surface area contributed by atoms with Gasteiger partial charge in [0, 0.05) is 21.9 Å². The van der Waals surface area contributed by atoms with E-state index >= 15 is 0 Å². The van der Waals surface area contributed by atoms with Gasteiger partial charge in [-0.15, -0.1) is 0 Å². The fraction of sp³-hybridized carbons (Fsp3) is 0.625. The third kappa shape index (κ3) is 3.63. The normalized spacial score (nSPS) is 32.0. The average Bonchev–Trinajstić information content (AvgIpc) is 2.40. The molecule has 0 heterocycles. The van der Waals surface area contributed by atoms with Crippen LogP contribution in [0.15, 0.2) is 24.3 Å². The molecule has 1 aromatic carbocycles. The summed E-state index contributed by atoms with van der Waals surface area (Å²) >= 11 is 6.19. The van der Waals surface area contributed by atoms with Gasteiger partial charge >= 0.3 is 0 Å². The number of hydrogen-bond acceptors (Lipinski definition) is 2. The molecule has 1 saturated carbocycles. The highest BCUT2D eigenvalue weighted by Crippen LogP contribution is 2.33. The number of rotatable bonds is 4. The Balaban J connectivity index is 2.13. The number of nitrogens with one attached hydrogen (secondary N) is 1. The van der Waals surface area contributed by atoms with Crippen LogP contribution in [0, 0.1) is 11.8 Å². The molecule has 0 radical (unpaired) electrons. The smallest absolute Gasteiger partial charge is 0.0530 e. The van der Waals surface area contributed by atoms with Crippen molar-refractivity contribution >= 4 is 22.4 Å². The highest BCUT2D eigenvalue weighted by Gasteiger charge is 2.36. The van der Waals surface area contributed by atoms with Crippen molar-refractivity contribution < 1.29 is 4.21 Å². The maximum absolute atomic E-state index is 12.8. The lowest BCUT2D eigenvalue weighted by atomic mass is 9.80. The van der Waals surface area contributed by atoms with Gasteiger partial charge in [-0.05, 0) is 43.4 Å². The third-order valence-electron chi connectivity index (χ3n) is 4.32. The average molecular weight is 314 g/mol. The summed E-state index contributed by atoms with van der Waals surface area (Å²) in [5.41, 5.74) is 0.994. The van der Waals surface area contributed by atoms with Gasteiger partial charge in [0.1, 0.15) is 0 Å². The van der Waals surface area contributed by atoms with Crippen LogP contribution in [-0.2, 0) is 16.6 Å². The molecule has 2 rings (SSSR count). The molecule has 0 saturated heterocycles. The highest BCUT2D eigenvalue weighted by molar-refractivity contribution is 7.84. The molecule has 0 spiro atoms. The van der Waals surface area contributed by atoms with E-state index in [0.29, 0.717) is 23.6 Å². The fourth-order valence-electron chi connectivity index (χ4n) is 3.42. The van der Waals surface area contributed by atoms with Crippen molar-refractivity contribution in [2.75, 3.05) is 7.05 Å². The summed E-state index contributed by atoms with van der Waals surface area (Å²) < 4.78 is 12.8. The minimum Gasteiger partial charge on any atom is -0.316 e. The Labute approximate surface area is 129 Å². The van der Waals surface area contributed by atoms with Gasteiger partial charge in [-0.2, -0.15) is 0 Å². The third-order valence-corrected chi connectivity index (χ3v) is 6.68. The molecule has 0 amide bonds. The quantitative estimate of drug-likeness (QED) is 0.920. The van der Waals surface area contributed by atoms with Gasteiger partial charge in [0.25, 0.3) is 0 Å². The molecule has 2 nitrogen and oxygen atoms in total. The summed E-state index contributed by atoms with van der Waals surface area (Å²) in [6, 6.07) is 8.06. The minimum atomic E-state index is -0.890. The first-order valence-corrected chi connectivity index (χ1v) is 9.06. The molecule has 1 fully saturated rings. The lowest BCUT2D eigenvalue weighted by molar-refractivity contribution is 0.253. The van der Waals surface area contributed by atoms with E-state index in [0.717, 1.165) is 23.4 Å². The van der Waals surface area contributed by atoms with Crippen molar-refractivity contribution in [3.63, 3.8) is 0 Å². The van der Waals surface area contributed by atoms with Crippen molar-refractivity contribution in [3.8, 4) is 0 Å². The van der Waals surface area contributed by atoms with Crippen LogP contribution in [0.5, 0.6) is 0 Å². The van der Waals surface area contributed by atoms with Crippen LogP contribution in [0.4, 0.5) is 0 Å². The zero-order chi connectivity index (χ0) is 14.7. The van der Waals surface area contributed by atoms with E-state index in [9.17, 15) is 4.21 Å². The van der Waals surface area contributed by atoms with Gasteiger partial charge in [0.05, 0.1) is 11.0 Å². The zero-order valence-corrected chi connectivity index (χ0v) is 14.0. The lowest BCUT2D eigenvalue weighted by Crippen LogP contribution is -2.49. The first kappa shape index (κ1) is 16.0. The molecule has 4 heteroatoms. The van der Waals surface area contributed by atoms with Crippen molar-refractivity contribution in [1.29, 1.82) is 0 Å². The molecule has 0 bridgehead atoms. The summed E-state index contributed by atoms with van der Waals surface area (Å²) in [6.45, 7) is 4.52. The predicted octanol–water partition coefficient (Wildman–Crippen LogP) is 3.61. The molecule has 0 aliphatic heterocycles. The van der Waals surface area contributed by atoms with E-state index in [2.05, 4.69) is 19.2 Å². The van der Waals surface area contributed by atoms with Crippen molar-refractivity contribution in [1.82, 2.24) is 5.32 Å². The Morgan fingerprint density at radius 3 is 2.65 bits per heavy atom. The van der Waals surface area contributed by atoms with Gasteiger partial charge in [-0.1, -0.05) is 43.6 Å². The summed E-state index contributed by atoms with van der Waals surface area (Å²) in [5, 5.41) is 4.31. The van der Waals surface area contributed by atoms with Gasteiger partial charge in [0.2, 0.25) is 0 Å². The molecule has 112 valence electrons. The van der Waals surface area contributed by atoms with E-state index in [-0.39, 0.29) is 5.25 Å². The maximum atomic E-state index is 12.8. The molecule has 1 N–H and O–H groups in total. The molecule has 5 atom stereocenters. The molecule has 1 aliphatic rings. The van der Waals surface area contributed by atoms with Gasteiger partial charge in [-0.25, -0.2) is 0 Å². The molecule has 1 aromatic rings. The Hall–Kier alpha value is -0.380. The summed E-state index contributed by atoms with van der Waals surface area (Å²) in [6.07, 6.45) is 2.27. The van der Waals surface area contributed by atoms with Crippen molar-refractivity contribution in [2.24, 2.45) is 11.8 Å². The Bertz CT molecular complexity index is 479. The molecule has 20 heavy (non-hydrogen) atoms. The summed E-state index contributed by atoms with van der Waals surface area (Å²) in [5.74, 6) is 1.75. The summed E-state index contributed by atoms with van der Waals surface area (Å²) in [7, 11) is 1.09. The second kappa shape index (κ2) is 7.06. The van der Waals surface area contributed by atoms with Crippen molar-refractivity contribution in [3.05, 3.63) is 34.9 Å². The van der Waals surface area contributed by atoms with Crippen LogP contribution in [0.25, 0.3) is 0 Å². The van der Waals surface area contributed by atoms with Crippen molar-refractivity contribution in [2.45, 2.75) is 43.7 Å². The number of hydrogen-bond donors (Lipinski definition) is 1. The van der Waals surface area contributed by atoms with E-state index in [1.165, 1.54) is 0 Å². The van der Waals surface area contributed by atoms with E-state index in [1.807, 2.05) is 31.3 Å². The monoisotopic (exact) mass is 313 g/mol. The maximum Gasteiger partial charge on any atom is 0.0530 e. The molecule has 0 aromatic heterocycles. The number of halogens is 1. The van der Waals surface area contributed by atoms with Crippen LogP contribution in [0.3, 0.4) is 0 Å². The topological polar surface area (TPSA) is 29.1 Å². The Kier molecular flexibility index (Phi) is 5.65. The fourth-order valence-corrected chi connectivity index (χ4v) is 5.69. The SMILES string of the molecule is CNC1CC(C)CC(C)C1S(=O)Cc1ccccc1Cl. The van der Waals surface area contributed by atoms with Crippen LogP contribution in [0.2, 0.25) is 5.02 Å². The van der Waals surface area contributed by atoms with E-state index in [1.54, 1.807) is 0 Å². The first-order chi connectivity index (χ1) is 9.52. The Morgan fingerprint density at radius 2 is 2.00 bits per heavy atom. The first-order valence-electron chi connectivity index (χ1n) is 7.30. The van der Waals surface area contributed by atoms with Gasteiger partial charge in [0.15, 0.2) is 0 Å². The van der Waals surface area contributed by atoms with Gasteiger partial charge < -0.3 is 5.32 Å². The van der Waals surface area contributed by atoms with E-state index in [4.69, 9.17) is 11.6 Å². The molecule has 1 aliphatic carbocycles. The zero-order valence-electron chi connectivity index (χ0n) is 12.4. The number of benzene rings is 1. The van der Waals surface area contributed by atoms with Gasteiger partial charge in [-0.3, -0.25) is 4.21 Å². The van der Waals surface area contributed by atoms with Crippen LogP contribution in [0.1, 0.15) is 32.3 Å². The largest absolute Gasteiger partial charge is 0.316 e. The summed E-state index contributed by atoms with van der Waals surface area (Å²) in [4.78, 5) is 0. The Morgan fingerprint density at radius 1 is 1.30 bits per heavy atom. The molecule has 5 unspecified atom stereocenters. The lowest BCUT2D eigenvalue weighted by Gasteiger charge is -2.39. The predicted molar refractivity (Wildman–Crippen MR) is 87.5 cm³/mol. The van der Waals surface area contributed by atoms with Crippen LogP contribution >= 0.6 is 11.6 Å². The second-order valence-electron chi connectivity index (χ2n) is 6.03. The second-order valence-corrected chi connectivity index (χ2v) is 8.03. The van der Waals surface area contributed by atoms with Crippen LogP contribution in [-0.4, -0.2) is 22.5 Å². The highest BCUT2D eigenvalue weighted by atomic mass is 35.5. The van der Waals surface area contributed by atoms with Crippen LogP contribution < -0.4 is 5.32 Å². The standard InChI is InChI=1S/C16H24ClNOS/c1-11-8-12(2)16(15(9-11)18-3)20(19)10-13-6-4-5-7-14(13)17/h4-7,11-12,15-16,18H,8-10H2,1-3H3. The minimum absolute atomic E-state index is 0.215.